The van der Waals surface area contributed by atoms with Crippen LogP contribution in [0.1, 0.15) is 11.6 Å². The molecule has 0 aliphatic rings. The summed E-state index contributed by atoms with van der Waals surface area (Å²) in [4.78, 5) is 14.0. The maximum absolute atomic E-state index is 14.6. The quantitative estimate of drug-likeness (QED) is 0.421. The van der Waals surface area contributed by atoms with Crippen molar-refractivity contribution in [2.45, 2.75) is 17.8 Å². The smallest absolute Gasteiger partial charge is 0.421 e. The van der Waals surface area contributed by atoms with Gasteiger partial charge in [-0.1, -0.05) is 17.7 Å². The van der Waals surface area contributed by atoms with Gasteiger partial charge in [0, 0.05) is 24.2 Å². The van der Waals surface area contributed by atoms with Gasteiger partial charge in [0.05, 0.1) is 30.3 Å². The molecule has 1 aromatic heterocycles. The van der Waals surface area contributed by atoms with Crippen LogP contribution in [0.15, 0.2) is 41.2 Å². The topological polar surface area (TPSA) is 83.6 Å². The Kier molecular flexibility index (Phi) is 6.87. The first kappa shape index (κ1) is 24.7. The Morgan fingerprint density at radius 3 is 2.45 bits per heavy atom. The highest BCUT2D eigenvalue weighted by molar-refractivity contribution is 6.31. The number of alkyl halides is 3. The van der Waals surface area contributed by atoms with Crippen molar-refractivity contribution in [3.8, 4) is 5.75 Å². The highest BCUT2D eigenvalue weighted by Gasteiger charge is 2.60. The zero-order valence-electron chi connectivity index (χ0n) is 17.2. The Balaban J connectivity index is 2.29. The molecule has 3 rings (SSSR count). The lowest BCUT2D eigenvalue weighted by Gasteiger charge is -2.38. The van der Waals surface area contributed by atoms with Crippen LogP contribution < -0.4 is 15.6 Å². The van der Waals surface area contributed by atoms with E-state index in [9.17, 15) is 31.9 Å². The van der Waals surface area contributed by atoms with Gasteiger partial charge in [0.2, 0.25) is 11.2 Å². The van der Waals surface area contributed by atoms with Crippen molar-refractivity contribution in [2.75, 3.05) is 26.1 Å². The van der Waals surface area contributed by atoms with Crippen molar-refractivity contribution in [3.05, 3.63) is 69.0 Å². The summed E-state index contributed by atoms with van der Waals surface area (Å²) in [5.41, 5.74) is -4.93. The number of pyridine rings is 1. The molecular formula is C21H18ClF5N2O4. The summed E-state index contributed by atoms with van der Waals surface area (Å²) in [6.45, 7) is -1.26. The first-order chi connectivity index (χ1) is 15.4. The van der Waals surface area contributed by atoms with E-state index >= 15 is 0 Å². The number of H-pyrrole nitrogens is 1. The van der Waals surface area contributed by atoms with Crippen LogP contribution in [0.3, 0.4) is 0 Å². The molecule has 0 bridgehead atoms. The van der Waals surface area contributed by atoms with Crippen molar-refractivity contribution >= 4 is 28.2 Å². The Hall–Kier alpha value is -2.89. The number of aromatic nitrogens is 1. The number of fused-ring (bicyclic) bond motifs is 1. The van der Waals surface area contributed by atoms with Crippen molar-refractivity contribution < 1.29 is 36.5 Å². The molecule has 6 nitrogen and oxygen atoms in total. The van der Waals surface area contributed by atoms with E-state index in [1.54, 1.807) is 0 Å². The van der Waals surface area contributed by atoms with Crippen LogP contribution in [0.5, 0.6) is 5.75 Å². The number of methoxy groups -OCH3 is 2. The minimum Gasteiger partial charge on any atom is -0.494 e. The van der Waals surface area contributed by atoms with E-state index in [4.69, 9.17) is 16.3 Å². The number of halogens is 6. The fraction of sp³-hybridized carbons (Fsp3) is 0.286. The number of ether oxygens (including phenoxy) is 2. The molecule has 0 spiro atoms. The average molecular weight is 493 g/mol. The molecule has 2 aromatic carbocycles. The van der Waals surface area contributed by atoms with E-state index in [0.29, 0.717) is 0 Å². The van der Waals surface area contributed by atoms with E-state index in [0.717, 1.165) is 44.6 Å². The van der Waals surface area contributed by atoms with E-state index in [1.165, 1.54) is 6.07 Å². The second-order valence-corrected chi connectivity index (χ2v) is 7.53. The Labute approximate surface area is 188 Å². The van der Waals surface area contributed by atoms with Crippen LogP contribution in [0.2, 0.25) is 5.02 Å². The molecule has 33 heavy (non-hydrogen) atoms. The molecule has 0 saturated carbocycles. The minimum absolute atomic E-state index is 0.0157. The van der Waals surface area contributed by atoms with E-state index in [-0.39, 0.29) is 22.3 Å². The molecule has 3 N–H and O–H groups in total. The Morgan fingerprint density at radius 2 is 1.85 bits per heavy atom. The van der Waals surface area contributed by atoms with Crippen LogP contribution in [0.25, 0.3) is 10.9 Å². The summed E-state index contributed by atoms with van der Waals surface area (Å²) in [6, 6.07) is 4.10. The fourth-order valence-corrected chi connectivity index (χ4v) is 3.71. The molecule has 0 aliphatic carbocycles. The molecule has 2 atom stereocenters. The molecular weight excluding hydrogens is 475 g/mol. The summed E-state index contributed by atoms with van der Waals surface area (Å²) < 4.78 is 80.6. The summed E-state index contributed by atoms with van der Waals surface area (Å²) in [7, 11) is 2.08. The second kappa shape index (κ2) is 9.16. The predicted molar refractivity (Wildman–Crippen MR) is 112 cm³/mol. The summed E-state index contributed by atoms with van der Waals surface area (Å²) in [6.07, 6.45) is -5.29. The Bertz CT molecular complexity index is 1230. The van der Waals surface area contributed by atoms with Crippen LogP contribution in [0.4, 0.5) is 27.6 Å². The molecule has 12 heteroatoms. The fourth-order valence-electron chi connectivity index (χ4n) is 3.44. The first-order valence-corrected chi connectivity index (χ1v) is 9.69. The number of aliphatic hydroxyl groups is 1. The predicted octanol–water partition coefficient (Wildman–Crippen LogP) is 4.56. The van der Waals surface area contributed by atoms with E-state index in [2.05, 4.69) is 15.0 Å². The van der Waals surface area contributed by atoms with Crippen LogP contribution in [-0.4, -0.2) is 42.7 Å². The van der Waals surface area contributed by atoms with Gasteiger partial charge in [0.25, 0.3) is 0 Å². The number of hydrogen-bond acceptors (Lipinski definition) is 5. The maximum atomic E-state index is 14.6. The van der Waals surface area contributed by atoms with Gasteiger partial charge in [-0.3, -0.25) is 4.79 Å². The van der Waals surface area contributed by atoms with Gasteiger partial charge in [0.15, 0.2) is 11.6 Å². The van der Waals surface area contributed by atoms with Gasteiger partial charge >= 0.3 is 6.18 Å². The number of aromatic amines is 1. The lowest BCUT2D eigenvalue weighted by atomic mass is 9.87. The SMILES string of the molecule is COCC(O)([C@H](Nc1cc(F)cc2[nH]c(=O)ccc12)c1ccc(OC)c(F)c1Cl)C(F)(F)F. The molecule has 0 amide bonds. The van der Waals surface area contributed by atoms with Gasteiger partial charge < -0.3 is 24.9 Å². The van der Waals surface area contributed by atoms with E-state index in [1.807, 2.05) is 0 Å². The largest absolute Gasteiger partial charge is 0.494 e. The molecule has 178 valence electrons. The summed E-state index contributed by atoms with van der Waals surface area (Å²) in [5.74, 6) is -2.38. The summed E-state index contributed by atoms with van der Waals surface area (Å²) >= 11 is 6.03. The molecule has 1 heterocycles. The molecule has 3 aromatic rings. The number of benzene rings is 2. The number of nitrogens with one attached hydrogen (secondary N) is 2. The number of rotatable bonds is 7. The van der Waals surface area contributed by atoms with Gasteiger partial charge in [-0.25, -0.2) is 8.78 Å². The van der Waals surface area contributed by atoms with Gasteiger partial charge in [-0.2, -0.15) is 13.2 Å². The van der Waals surface area contributed by atoms with Gasteiger partial charge in [0.1, 0.15) is 5.82 Å². The van der Waals surface area contributed by atoms with Crippen molar-refractivity contribution in [1.82, 2.24) is 4.98 Å². The molecule has 0 aliphatic heterocycles. The highest BCUT2D eigenvalue weighted by atomic mass is 35.5. The lowest BCUT2D eigenvalue weighted by Crippen LogP contribution is -2.56. The standard InChI is InChI=1S/C21H18ClF5N2O4/c1-32-9-20(31,21(25,26)27)19(12-3-5-15(33-2)18(24)17(12)22)29-14-8-10(23)7-13-11(14)4-6-16(30)28-13/h3-8,19,29,31H,9H2,1-2H3,(H,28,30)/t19-,20?/m1/s1. The van der Waals surface area contributed by atoms with Crippen LogP contribution in [0, 0.1) is 11.6 Å². The first-order valence-electron chi connectivity index (χ1n) is 9.32. The van der Waals surface area contributed by atoms with Crippen LogP contribution in [-0.2, 0) is 4.74 Å². The van der Waals surface area contributed by atoms with Crippen molar-refractivity contribution in [2.24, 2.45) is 0 Å². The van der Waals surface area contributed by atoms with Crippen LogP contribution >= 0.6 is 11.6 Å². The Morgan fingerprint density at radius 1 is 1.15 bits per heavy atom. The lowest BCUT2D eigenvalue weighted by molar-refractivity contribution is -0.279. The van der Waals surface area contributed by atoms with Gasteiger partial charge in [-0.15, -0.1) is 0 Å². The zero-order chi connectivity index (χ0) is 24.6. The zero-order valence-corrected chi connectivity index (χ0v) is 17.9. The molecule has 0 fully saturated rings. The summed E-state index contributed by atoms with van der Waals surface area (Å²) in [5, 5.41) is 12.6. The normalized spacial score (nSPS) is 14.7. The number of anilines is 1. The molecule has 0 radical (unpaired) electrons. The van der Waals surface area contributed by atoms with Crippen molar-refractivity contribution in [3.63, 3.8) is 0 Å². The average Bonchev–Trinajstić information content (AvgIpc) is 2.73. The number of hydrogen-bond donors (Lipinski definition) is 3. The third-order valence-electron chi connectivity index (χ3n) is 5.04. The molecule has 1 unspecified atom stereocenters. The van der Waals surface area contributed by atoms with Crippen molar-refractivity contribution in [1.29, 1.82) is 0 Å². The monoisotopic (exact) mass is 492 g/mol. The third-order valence-corrected chi connectivity index (χ3v) is 5.43. The highest BCUT2D eigenvalue weighted by Crippen LogP contribution is 2.46. The third kappa shape index (κ3) is 4.61. The maximum Gasteiger partial charge on any atom is 0.421 e. The van der Waals surface area contributed by atoms with E-state index < -0.39 is 52.2 Å². The minimum atomic E-state index is -5.29. The molecule has 0 saturated heterocycles. The van der Waals surface area contributed by atoms with Gasteiger partial charge in [-0.05, 0) is 29.8 Å². The second-order valence-electron chi connectivity index (χ2n) is 7.15.